The molecule has 23 heavy (non-hydrogen) atoms. The lowest BCUT2D eigenvalue weighted by Crippen LogP contribution is -2.38. The van der Waals surface area contributed by atoms with Gasteiger partial charge in [0, 0.05) is 24.5 Å². The van der Waals surface area contributed by atoms with Crippen LogP contribution in [0.2, 0.25) is 5.02 Å². The standard InChI is InChI=1S/C17H20ClN3O.HI/c1-2-10-19-17(20-11-9-15-7-5-12-22-15)21-13-14-6-3-4-8-16(14)18;/h2-8,12H,1,9-11,13H2,(H2,19,20,21);1H. The number of rotatable bonds is 7. The largest absolute Gasteiger partial charge is 0.469 e. The van der Waals surface area contributed by atoms with Crippen LogP contribution in [-0.4, -0.2) is 19.0 Å². The van der Waals surface area contributed by atoms with Crippen molar-refractivity contribution in [2.75, 3.05) is 13.1 Å². The van der Waals surface area contributed by atoms with E-state index in [2.05, 4.69) is 22.2 Å². The molecule has 0 aliphatic carbocycles. The minimum absolute atomic E-state index is 0. The van der Waals surface area contributed by atoms with Crippen molar-refractivity contribution < 1.29 is 4.42 Å². The highest BCUT2D eigenvalue weighted by Gasteiger charge is 2.01. The first kappa shape index (κ1) is 19.6. The summed E-state index contributed by atoms with van der Waals surface area (Å²) in [4.78, 5) is 4.54. The minimum atomic E-state index is 0. The summed E-state index contributed by atoms with van der Waals surface area (Å²) in [6.07, 6.45) is 4.27. The molecule has 0 bridgehead atoms. The zero-order valence-corrected chi connectivity index (χ0v) is 15.9. The van der Waals surface area contributed by atoms with Gasteiger partial charge in [0.25, 0.3) is 0 Å². The molecular formula is C17H21ClIN3O. The van der Waals surface area contributed by atoms with Crippen LogP contribution in [0.3, 0.4) is 0 Å². The Bertz CT molecular complexity index is 614. The van der Waals surface area contributed by atoms with E-state index < -0.39 is 0 Å². The summed E-state index contributed by atoms with van der Waals surface area (Å²) in [7, 11) is 0. The van der Waals surface area contributed by atoms with Gasteiger partial charge in [-0.15, -0.1) is 30.6 Å². The number of guanidine groups is 1. The third-order valence-electron chi connectivity index (χ3n) is 3.02. The van der Waals surface area contributed by atoms with Crippen molar-refractivity contribution in [1.82, 2.24) is 10.6 Å². The summed E-state index contributed by atoms with van der Waals surface area (Å²) in [5, 5.41) is 7.18. The first-order chi connectivity index (χ1) is 10.8. The van der Waals surface area contributed by atoms with E-state index in [-0.39, 0.29) is 24.0 Å². The zero-order valence-electron chi connectivity index (χ0n) is 12.8. The molecule has 1 aromatic heterocycles. The van der Waals surface area contributed by atoms with Crippen LogP contribution in [0.15, 0.2) is 64.7 Å². The normalized spacial score (nSPS) is 10.7. The molecule has 0 saturated heterocycles. The number of hydrogen-bond donors (Lipinski definition) is 2. The minimum Gasteiger partial charge on any atom is -0.469 e. The van der Waals surface area contributed by atoms with E-state index in [0.717, 1.165) is 35.3 Å². The van der Waals surface area contributed by atoms with E-state index >= 15 is 0 Å². The number of halogens is 2. The summed E-state index contributed by atoms with van der Waals surface area (Å²) < 4.78 is 5.31. The molecule has 2 aromatic rings. The monoisotopic (exact) mass is 445 g/mol. The quantitative estimate of drug-likeness (QED) is 0.293. The van der Waals surface area contributed by atoms with Crippen molar-refractivity contribution >= 4 is 41.5 Å². The molecule has 0 saturated carbocycles. The van der Waals surface area contributed by atoms with E-state index in [0.29, 0.717) is 13.1 Å². The number of benzene rings is 1. The Morgan fingerprint density at radius 2 is 2.04 bits per heavy atom. The molecular weight excluding hydrogens is 425 g/mol. The molecule has 0 atom stereocenters. The van der Waals surface area contributed by atoms with Gasteiger partial charge in [0.2, 0.25) is 0 Å². The predicted molar refractivity (Wildman–Crippen MR) is 107 cm³/mol. The smallest absolute Gasteiger partial charge is 0.191 e. The van der Waals surface area contributed by atoms with Crippen LogP contribution in [0.1, 0.15) is 11.3 Å². The first-order valence-corrected chi connectivity index (χ1v) is 7.56. The van der Waals surface area contributed by atoms with Crippen molar-refractivity contribution in [1.29, 1.82) is 0 Å². The maximum atomic E-state index is 6.15. The molecule has 0 amide bonds. The van der Waals surface area contributed by atoms with E-state index in [1.807, 2.05) is 36.4 Å². The molecule has 2 rings (SSSR count). The molecule has 0 fully saturated rings. The number of aliphatic imine (C=N–C) groups is 1. The fourth-order valence-corrected chi connectivity index (χ4v) is 2.09. The second-order valence-corrected chi connectivity index (χ2v) is 5.09. The lowest BCUT2D eigenvalue weighted by Gasteiger charge is -2.11. The van der Waals surface area contributed by atoms with Gasteiger partial charge in [-0.25, -0.2) is 4.99 Å². The van der Waals surface area contributed by atoms with Crippen molar-refractivity contribution in [3.8, 4) is 0 Å². The maximum absolute atomic E-state index is 6.15. The Morgan fingerprint density at radius 3 is 2.74 bits per heavy atom. The fourth-order valence-electron chi connectivity index (χ4n) is 1.89. The highest BCUT2D eigenvalue weighted by atomic mass is 127. The second kappa shape index (κ2) is 11.1. The third kappa shape index (κ3) is 7.09. The molecule has 0 aliphatic rings. The molecule has 4 nitrogen and oxygen atoms in total. The van der Waals surface area contributed by atoms with Crippen LogP contribution in [0.5, 0.6) is 0 Å². The summed E-state index contributed by atoms with van der Waals surface area (Å²) in [5.74, 6) is 1.67. The van der Waals surface area contributed by atoms with Gasteiger partial charge in [-0.2, -0.15) is 0 Å². The van der Waals surface area contributed by atoms with Gasteiger partial charge >= 0.3 is 0 Å². The van der Waals surface area contributed by atoms with Crippen LogP contribution in [0.4, 0.5) is 0 Å². The van der Waals surface area contributed by atoms with Crippen LogP contribution >= 0.6 is 35.6 Å². The third-order valence-corrected chi connectivity index (χ3v) is 3.39. The number of hydrogen-bond acceptors (Lipinski definition) is 2. The molecule has 0 spiro atoms. The van der Waals surface area contributed by atoms with Gasteiger partial charge in [0.1, 0.15) is 5.76 Å². The van der Waals surface area contributed by atoms with Crippen LogP contribution < -0.4 is 10.6 Å². The van der Waals surface area contributed by atoms with Crippen molar-refractivity contribution in [2.24, 2.45) is 4.99 Å². The number of nitrogens with zero attached hydrogens (tertiary/aromatic N) is 1. The summed E-state index contributed by atoms with van der Waals surface area (Å²) >= 11 is 6.15. The molecule has 6 heteroatoms. The van der Waals surface area contributed by atoms with Gasteiger partial charge in [-0.05, 0) is 23.8 Å². The maximum Gasteiger partial charge on any atom is 0.191 e. The molecule has 2 N–H and O–H groups in total. The Labute approximate surface area is 159 Å². The van der Waals surface area contributed by atoms with Crippen molar-refractivity contribution in [3.05, 3.63) is 71.7 Å². The van der Waals surface area contributed by atoms with Crippen LogP contribution in [0.25, 0.3) is 0 Å². The molecule has 124 valence electrons. The Morgan fingerprint density at radius 1 is 1.22 bits per heavy atom. The second-order valence-electron chi connectivity index (χ2n) is 4.68. The number of nitrogens with one attached hydrogen (secondary N) is 2. The van der Waals surface area contributed by atoms with Crippen molar-refractivity contribution in [3.63, 3.8) is 0 Å². The van der Waals surface area contributed by atoms with E-state index in [4.69, 9.17) is 16.0 Å². The van der Waals surface area contributed by atoms with E-state index in [1.165, 1.54) is 0 Å². The molecule has 1 heterocycles. The summed E-state index contributed by atoms with van der Waals surface area (Å²) in [6, 6.07) is 11.6. The van der Waals surface area contributed by atoms with Crippen LogP contribution in [-0.2, 0) is 13.0 Å². The van der Waals surface area contributed by atoms with Gasteiger partial charge in [0.05, 0.1) is 12.8 Å². The van der Waals surface area contributed by atoms with Gasteiger partial charge < -0.3 is 15.1 Å². The SMILES string of the molecule is C=CCNC(=NCc1ccccc1Cl)NCCc1ccco1.I. The Balaban J connectivity index is 0.00000264. The zero-order chi connectivity index (χ0) is 15.6. The first-order valence-electron chi connectivity index (χ1n) is 7.18. The summed E-state index contributed by atoms with van der Waals surface area (Å²) in [6.45, 7) is 5.61. The summed E-state index contributed by atoms with van der Waals surface area (Å²) in [5.41, 5.74) is 0.995. The molecule has 0 unspecified atom stereocenters. The lowest BCUT2D eigenvalue weighted by molar-refractivity contribution is 0.507. The van der Waals surface area contributed by atoms with Crippen LogP contribution in [0, 0.1) is 0 Å². The number of furan rings is 1. The average molecular weight is 446 g/mol. The fraction of sp³-hybridized carbons (Fsp3) is 0.235. The van der Waals surface area contributed by atoms with E-state index in [1.54, 1.807) is 12.3 Å². The highest BCUT2D eigenvalue weighted by molar-refractivity contribution is 14.0. The van der Waals surface area contributed by atoms with E-state index in [9.17, 15) is 0 Å². The van der Waals surface area contributed by atoms with Gasteiger partial charge in [-0.1, -0.05) is 35.9 Å². The van der Waals surface area contributed by atoms with Crippen molar-refractivity contribution in [2.45, 2.75) is 13.0 Å². The Kier molecular flexibility index (Phi) is 9.47. The molecule has 0 radical (unpaired) electrons. The van der Waals surface area contributed by atoms with Gasteiger partial charge in [-0.3, -0.25) is 0 Å². The Hall–Kier alpha value is -1.47. The average Bonchev–Trinajstić information content (AvgIpc) is 3.04. The highest BCUT2D eigenvalue weighted by Crippen LogP contribution is 2.15. The van der Waals surface area contributed by atoms with Gasteiger partial charge in [0.15, 0.2) is 5.96 Å². The lowest BCUT2D eigenvalue weighted by atomic mass is 10.2. The molecule has 1 aromatic carbocycles. The topological polar surface area (TPSA) is 49.6 Å². The predicted octanol–water partition coefficient (Wildman–Crippen LogP) is 4.01. The molecule has 0 aliphatic heterocycles.